The summed E-state index contributed by atoms with van der Waals surface area (Å²) in [5.74, 6) is 0. The van der Waals surface area contributed by atoms with Gasteiger partial charge in [0, 0.05) is 0 Å². The van der Waals surface area contributed by atoms with Gasteiger partial charge in [0.15, 0.2) is 0 Å². The maximum atomic E-state index is 10.6. The van der Waals surface area contributed by atoms with Crippen molar-refractivity contribution in [3.8, 4) is 0 Å². The molecule has 0 saturated carbocycles. The molecule has 3 nitrogen and oxygen atoms in total. The third-order valence-corrected chi connectivity index (χ3v) is 2.32. The zero-order chi connectivity index (χ0) is 9.19. The summed E-state index contributed by atoms with van der Waals surface area (Å²) < 4.78 is 31.8. The Morgan fingerprint density at radius 1 is 1.31 bits per heavy atom. The van der Waals surface area contributed by atoms with Crippen LogP contribution in [0.15, 0.2) is 35.7 Å². The van der Waals surface area contributed by atoms with E-state index in [9.17, 15) is 13.0 Å². The molecule has 0 bridgehead atoms. The summed E-state index contributed by atoms with van der Waals surface area (Å²) in [4.78, 5) is -0.222. The molecule has 0 fully saturated rings. The Morgan fingerprint density at radius 2 is 1.85 bits per heavy atom. The van der Waals surface area contributed by atoms with Crippen molar-refractivity contribution in [3.05, 3.63) is 36.4 Å². The van der Waals surface area contributed by atoms with E-state index in [0.29, 0.717) is 5.56 Å². The fourth-order valence-corrected chi connectivity index (χ4v) is 1.56. The van der Waals surface area contributed by atoms with E-state index in [1.54, 1.807) is 6.07 Å². The van der Waals surface area contributed by atoms with Crippen LogP contribution in [-0.2, 0) is 10.1 Å². The maximum Gasteiger partial charge on any atom is 1.00 e. The average molecular weight is 190 g/mol. The van der Waals surface area contributed by atoms with Gasteiger partial charge in [0.2, 0.25) is 0 Å². The van der Waals surface area contributed by atoms with Gasteiger partial charge >= 0.3 is 18.9 Å². The molecule has 0 radical (unpaired) electrons. The van der Waals surface area contributed by atoms with E-state index in [1.807, 2.05) is 0 Å². The van der Waals surface area contributed by atoms with Crippen molar-refractivity contribution in [2.24, 2.45) is 0 Å². The summed E-state index contributed by atoms with van der Waals surface area (Å²) in [7, 11) is -4.37. The molecule has 0 N–H and O–H groups in total. The van der Waals surface area contributed by atoms with Crippen LogP contribution in [0.5, 0.6) is 0 Å². The molecule has 0 aromatic heterocycles. The minimum atomic E-state index is -4.37. The van der Waals surface area contributed by atoms with Crippen LogP contribution < -0.4 is 18.9 Å². The van der Waals surface area contributed by atoms with E-state index in [4.69, 9.17) is 0 Å². The van der Waals surface area contributed by atoms with Gasteiger partial charge in [-0.3, -0.25) is 0 Å². The normalized spacial score (nSPS) is 10.2. The first kappa shape index (κ1) is 12.5. The molecule has 0 amide bonds. The van der Waals surface area contributed by atoms with Crippen molar-refractivity contribution >= 4 is 16.2 Å². The smallest absolute Gasteiger partial charge is 0.744 e. The zero-order valence-electron chi connectivity index (χ0n) is 7.23. The van der Waals surface area contributed by atoms with Crippen LogP contribution in [0.25, 0.3) is 6.08 Å². The quantitative estimate of drug-likeness (QED) is 0.410. The molecule has 1 aromatic rings. The van der Waals surface area contributed by atoms with E-state index >= 15 is 0 Å². The second kappa shape index (κ2) is 4.63. The van der Waals surface area contributed by atoms with Crippen LogP contribution in [0.4, 0.5) is 0 Å². The summed E-state index contributed by atoms with van der Waals surface area (Å²) in [6, 6.07) is 5.93. The number of benzene rings is 1. The molecule has 1 aromatic carbocycles. The van der Waals surface area contributed by atoms with Gasteiger partial charge in [-0.1, -0.05) is 30.9 Å². The van der Waals surface area contributed by atoms with Crippen molar-refractivity contribution in [2.75, 3.05) is 0 Å². The van der Waals surface area contributed by atoms with Crippen LogP contribution >= 0.6 is 0 Å². The minimum absolute atomic E-state index is 0. The van der Waals surface area contributed by atoms with Crippen LogP contribution in [-0.4, -0.2) is 13.0 Å². The summed E-state index contributed by atoms with van der Waals surface area (Å²) >= 11 is 0. The molecule has 0 heterocycles. The van der Waals surface area contributed by atoms with Crippen molar-refractivity contribution in [1.29, 1.82) is 0 Å². The summed E-state index contributed by atoms with van der Waals surface area (Å²) in [5, 5.41) is 0. The number of hydrogen-bond donors (Lipinski definition) is 0. The predicted molar refractivity (Wildman–Crippen MR) is 44.5 cm³/mol. The standard InChI is InChI=1S/C8H8O3S.Li/c1-2-7-5-3-4-6-8(7)12(9,10)11;/h2-6H,1H2,(H,9,10,11);/q;+1/p-1. The molecule has 5 heteroatoms. The molecule has 0 aliphatic rings. The molecule has 64 valence electrons. The molecule has 0 saturated heterocycles. The second-order valence-electron chi connectivity index (χ2n) is 2.20. The van der Waals surface area contributed by atoms with Crippen molar-refractivity contribution < 1.29 is 31.8 Å². The number of rotatable bonds is 2. The second-order valence-corrected chi connectivity index (χ2v) is 3.54. The van der Waals surface area contributed by atoms with Gasteiger partial charge in [0.1, 0.15) is 10.1 Å². The van der Waals surface area contributed by atoms with Crippen molar-refractivity contribution in [2.45, 2.75) is 4.90 Å². The van der Waals surface area contributed by atoms with Crippen LogP contribution in [0.3, 0.4) is 0 Å². The van der Waals surface area contributed by atoms with E-state index < -0.39 is 10.1 Å². The van der Waals surface area contributed by atoms with Gasteiger partial charge in [-0.2, -0.15) is 0 Å². The SMILES string of the molecule is C=Cc1ccccc1S(=O)(=O)[O-].[Li+]. The van der Waals surface area contributed by atoms with Gasteiger partial charge in [-0.15, -0.1) is 0 Å². The summed E-state index contributed by atoms with van der Waals surface area (Å²) in [6.07, 6.45) is 1.34. The molecular weight excluding hydrogens is 183 g/mol. The zero-order valence-corrected chi connectivity index (χ0v) is 8.04. The molecule has 0 aliphatic heterocycles. The van der Waals surface area contributed by atoms with Crippen LogP contribution in [0.1, 0.15) is 5.56 Å². The maximum absolute atomic E-state index is 10.6. The van der Waals surface area contributed by atoms with Crippen molar-refractivity contribution in [3.63, 3.8) is 0 Å². The minimum Gasteiger partial charge on any atom is -0.744 e. The first-order valence-electron chi connectivity index (χ1n) is 3.23. The van der Waals surface area contributed by atoms with E-state index in [-0.39, 0.29) is 23.8 Å². The van der Waals surface area contributed by atoms with E-state index in [2.05, 4.69) is 6.58 Å². The first-order valence-corrected chi connectivity index (χ1v) is 4.64. The first-order chi connectivity index (χ1) is 5.55. The van der Waals surface area contributed by atoms with Gasteiger partial charge in [0.25, 0.3) is 0 Å². The number of hydrogen-bond acceptors (Lipinski definition) is 3. The Labute approximate surface area is 89.4 Å². The molecule has 0 atom stereocenters. The molecule has 0 spiro atoms. The summed E-state index contributed by atoms with van der Waals surface area (Å²) in [5.41, 5.74) is 0.340. The fourth-order valence-electron chi connectivity index (χ4n) is 0.877. The molecular formula is C8H7LiO3S. The Balaban J connectivity index is 0.00000144. The average Bonchev–Trinajstić information content (AvgIpc) is 2.03. The fraction of sp³-hybridized carbons (Fsp3) is 0. The third-order valence-electron chi connectivity index (χ3n) is 1.41. The van der Waals surface area contributed by atoms with E-state index in [1.165, 1.54) is 24.3 Å². The molecule has 0 aliphatic carbocycles. The Morgan fingerprint density at radius 3 is 2.23 bits per heavy atom. The Kier molecular flexibility index (Phi) is 4.44. The third kappa shape index (κ3) is 3.01. The van der Waals surface area contributed by atoms with Crippen LogP contribution in [0.2, 0.25) is 0 Å². The topological polar surface area (TPSA) is 57.2 Å². The van der Waals surface area contributed by atoms with Gasteiger partial charge in [-0.05, 0) is 11.6 Å². The monoisotopic (exact) mass is 190 g/mol. The predicted octanol–water partition coefficient (Wildman–Crippen LogP) is -1.76. The van der Waals surface area contributed by atoms with Crippen LogP contribution in [0, 0.1) is 0 Å². The van der Waals surface area contributed by atoms with E-state index in [0.717, 1.165) is 0 Å². The van der Waals surface area contributed by atoms with Gasteiger partial charge in [-0.25, -0.2) is 8.42 Å². The largest absolute Gasteiger partial charge is 1.00 e. The Hall–Kier alpha value is -0.533. The molecule has 1 rings (SSSR count). The molecule has 0 unspecified atom stereocenters. The Bertz CT molecular complexity index is 398. The van der Waals surface area contributed by atoms with Crippen molar-refractivity contribution in [1.82, 2.24) is 0 Å². The van der Waals surface area contributed by atoms with Gasteiger partial charge < -0.3 is 4.55 Å². The molecule has 13 heavy (non-hydrogen) atoms. The van der Waals surface area contributed by atoms with Gasteiger partial charge in [0.05, 0.1) is 4.90 Å². The summed E-state index contributed by atoms with van der Waals surface area (Å²) in [6.45, 7) is 3.40.